The lowest BCUT2D eigenvalue weighted by Crippen LogP contribution is -2.40. The smallest absolute Gasteiger partial charge is 0.249 e. The summed E-state index contributed by atoms with van der Waals surface area (Å²) in [5.41, 5.74) is 4.45. The summed E-state index contributed by atoms with van der Waals surface area (Å²) >= 11 is 0. The summed E-state index contributed by atoms with van der Waals surface area (Å²) < 4.78 is 5.43. The molecule has 0 bridgehead atoms. The van der Waals surface area contributed by atoms with Crippen molar-refractivity contribution in [2.45, 2.75) is 19.4 Å². The molecule has 0 radical (unpaired) electrons. The van der Waals surface area contributed by atoms with Crippen LogP contribution in [0.3, 0.4) is 0 Å². The van der Waals surface area contributed by atoms with Gasteiger partial charge in [0.25, 0.3) is 0 Å². The summed E-state index contributed by atoms with van der Waals surface area (Å²) in [5, 5.41) is 3.38. The van der Waals surface area contributed by atoms with Crippen LogP contribution in [0.4, 0.5) is 17.1 Å². The van der Waals surface area contributed by atoms with Crippen LogP contribution in [0.25, 0.3) is 0 Å². The van der Waals surface area contributed by atoms with Gasteiger partial charge in [0.05, 0.1) is 13.2 Å². The average molecular weight is 351 g/mol. The van der Waals surface area contributed by atoms with Gasteiger partial charge in [0, 0.05) is 36.7 Å². The first-order chi connectivity index (χ1) is 12.7. The minimum absolute atomic E-state index is 0.117. The van der Waals surface area contributed by atoms with Crippen LogP contribution in [-0.4, -0.2) is 44.8 Å². The Morgan fingerprint density at radius 3 is 2.73 bits per heavy atom. The minimum Gasteiger partial charge on any atom is -0.378 e. The molecule has 0 aromatic heterocycles. The summed E-state index contributed by atoms with van der Waals surface area (Å²) in [6, 6.07) is 16.2. The molecule has 1 unspecified atom stereocenters. The summed E-state index contributed by atoms with van der Waals surface area (Å²) in [6.45, 7) is 6.04. The van der Waals surface area contributed by atoms with Gasteiger partial charge >= 0.3 is 0 Å². The number of carbonyl (C=O) groups excluding carboxylic acids is 1. The number of hydrogen-bond donors (Lipinski definition) is 1. The normalized spacial score (nSPS) is 17.7. The first-order valence-corrected chi connectivity index (χ1v) is 9.31. The molecule has 0 aliphatic carbocycles. The lowest BCUT2D eigenvalue weighted by molar-refractivity contribution is -0.118. The third-order valence-corrected chi connectivity index (χ3v) is 5.13. The van der Waals surface area contributed by atoms with E-state index in [4.69, 9.17) is 4.74 Å². The topological polar surface area (TPSA) is 44.8 Å². The van der Waals surface area contributed by atoms with Crippen molar-refractivity contribution >= 4 is 23.0 Å². The van der Waals surface area contributed by atoms with Crippen LogP contribution in [0.1, 0.15) is 12.5 Å². The van der Waals surface area contributed by atoms with Crippen molar-refractivity contribution in [2.24, 2.45) is 0 Å². The number of amides is 1. The quantitative estimate of drug-likeness (QED) is 0.920. The van der Waals surface area contributed by atoms with Crippen LogP contribution in [0.2, 0.25) is 0 Å². The van der Waals surface area contributed by atoms with Crippen LogP contribution >= 0.6 is 0 Å². The Labute approximate surface area is 154 Å². The number of rotatable bonds is 4. The van der Waals surface area contributed by atoms with E-state index in [0.717, 1.165) is 50.6 Å². The zero-order valence-corrected chi connectivity index (χ0v) is 15.1. The molecule has 2 aliphatic heterocycles. The lowest BCUT2D eigenvalue weighted by Gasteiger charge is -2.29. The van der Waals surface area contributed by atoms with Crippen LogP contribution in [-0.2, 0) is 16.0 Å². The highest BCUT2D eigenvalue weighted by Gasteiger charge is 2.27. The van der Waals surface area contributed by atoms with E-state index in [1.165, 1.54) is 11.3 Å². The van der Waals surface area contributed by atoms with Crippen LogP contribution in [0, 0.1) is 0 Å². The first-order valence-electron chi connectivity index (χ1n) is 9.31. The number of carbonyl (C=O) groups is 1. The second-order valence-corrected chi connectivity index (χ2v) is 6.88. The second-order valence-electron chi connectivity index (χ2n) is 6.88. The fraction of sp³-hybridized carbons (Fsp3) is 0.381. The molecule has 2 aromatic rings. The summed E-state index contributed by atoms with van der Waals surface area (Å²) in [4.78, 5) is 17.2. The van der Waals surface area contributed by atoms with Crippen LogP contribution < -0.4 is 15.1 Å². The number of nitrogens with one attached hydrogen (secondary N) is 1. The molecule has 1 amide bonds. The maximum Gasteiger partial charge on any atom is 0.249 e. The second kappa shape index (κ2) is 7.38. The molecule has 2 heterocycles. The zero-order chi connectivity index (χ0) is 17.9. The minimum atomic E-state index is -0.277. The van der Waals surface area contributed by atoms with Crippen molar-refractivity contribution in [1.29, 1.82) is 0 Å². The van der Waals surface area contributed by atoms with E-state index in [1.54, 1.807) is 0 Å². The summed E-state index contributed by atoms with van der Waals surface area (Å²) in [5.74, 6) is 0.117. The number of para-hydroxylation sites is 1. The maximum absolute atomic E-state index is 12.9. The van der Waals surface area contributed by atoms with Gasteiger partial charge in [-0.2, -0.15) is 0 Å². The largest absolute Gasteiger partial charge is 0.378 e. The Kier molecular flexibility index (Phi) is 4.80. The number of morpholine rings is 1. The van der Waals surface area contributed by atoms with Crippen molar-refractivity contribution in [3.63, 3.8) is 0 Å². The Morgan fingerprint density at radius 2 is 1.88 bits per heavy atom. The van der Waals surface area contributed by atoms with Gasteiger partial charge in [0.2, 0.25) is 5.91 Å². The predicted molar refractivity (Wildman–Crippen MR) is 105 cm³/mol. The molecule has 136 valence electrons. The van der Waals surface area contributed by atoms with E-state index in [9.17, 15) is 4.79 Å². The molecule has 1 saturated heterocycles. The Hall–Kier alpha value is -2.53. The third kappa shape index (κ3) is 3.40. The first kappa shape index (κ1) is 16.9. The van der Waals surface area contributed by atoms with Crippen molar-refractivity contribution < 1.29 is 9.53 Å². The molecule has 5 heteroatoms. The number of hydrogen-bond acceptors (Lipinski definition) is 4. The fourth-order valence-electron chi connectivity index (χ4n) is 3.73. The van der Waals surface area contributed by atoms with Gasteiger partial charge in [-0.15, -0.1) is 0 Å². The number of nitrogens with zero attached hydrogens (tertiary/aromatic N) is 2. The highest BCUT2D eigenvalue weighted by atomic mass is 16.5. The number of anilines is 3. The molecule has 1 atom stereocenters. The molecule has 26 heavy (non-hydrogen) atoms. The molecular weight excluding hydrogens is 326 g/mol. The fourth-order valence-corrected chi connectivity index (χ4v) is 3.73. The highest BCUT2D eigenvalue weighted by molar-refractivity contribution is 6.00. The standard InChI is InChI=1S/C21H25N3O2/c1-16(21(25)24-10-9-17-5-2-3-8-20(17)24)22-18-6-4-7-19(15-18)23-11-13-26-14-12-23/h2-8,15-16,22H,9-14H2,1H3. The van der Waals surface area contributed by atoms with E-state index in [0.29, 0.717) is 0 Å². The lowest BCUT2D eigenvalue weighted by atomic mass is 10.2. The van der Waals surface area contributed by atoms with Crippen molar-refractivity contribution in [3.05, 3.63) is 54.1 Å². The highest BCUT2D eigenvalue weighted by Crippen LogP contribution is 2.28. The third-order valence-electron chi connectivity index (χ3n) is 5.13. The Bertz CT molecular complexity index is 786. The van der Waals surface area contributed by atoms with Gasteiger partial charge < -0.3 is 19.9 Å². The SMILES string of the molecule is CC(Nc1cccc(N2CCOCC2)c1)C(=O)N1CCc2ccccc21. The number of ether oxygens (including phenoxy) is 1. The number of fused-ring (bicyclic) bond motifs is 1. The molecule has 1 N–H and O–H groups in total. The molecule has 4 rings (SSSR count). The predicted octanol–water partition coefficient (Wildman–Crippen LogP) is 2.91. The van der Waals surface area contributed by atoms with Gasteiger partial charge in [0.15, 0.2) is 0 Å². The van der Waals surface area contributed by atoms with Crippen LogP contribution in [0.15, 0.2) is 48.5 Å². The molecule has 0 spiro atoms. The van der Waals surface area contributed by atoms with E-state index in [2.05, 4.69) is 28.4 Å². The monoisotopic (exact) mass is 351 g/mol. The van der Waals surface area contributed by atoms with Gasteiger partial charge in [-0.3, -0.25) is 4.79 Å². The number of benzene rings is 2. The molecule has 0 saturated carbocycles. The molecule has 1 fully saturated rings. The van der Waals surface area contributed by atoms with E-state index in [1.807, 2.05) is 42.2 Å². The van der Waals surface area contributed by atoms with Gasteiger partial charge in [-0.1, -0.05) is 24.3 Å². The van der Waals surface area contributed by atoms with Gasteiger partial charge in [-0.05, 0) is 43.2 Å². The maximum atomic E-state index is 12.9. The van der Waals surface area contributed by atoms with Gasteiger partial charge in [0.1, 0.15) is 6.04 Å². The molecule has 2 aliphatic rings. The van der Waals surface area contributed by atoms with Crippen LogP contribution in [0.5, 0.6) is 0 Å². The Morgan fingerprint density at radius 1 is 1.08 bits per heavy atom. The molecule has 2 aromatic carbocycles. The van der Waals surface area contributed by atoms with E-state index < -0.39 is 0 Å². The van der Waals surface area contributed by atoms with Crippen molar-refractivity contribution in [1.82, 2.24) is 0 Å². The summed E-state index contributed by atoms with van der Waals surface area (Å²) in [6.07, 6.45) is 0.932. The summed E-state index contributed by atoms with van der Waals surface area (Å²) in [7, 11) is 0. The van der Waals surface area contributed by atoms with Crippen molar-refractivity contribution in [2.75, 3.05) is 48.0 Å². The molecular formula is C21H25N3O2. The average Bonchev–Trinajstić information content (AvgIpc) is 3.12. The van der Waals surface area contributed by atoms with E-state index in [-0.39, 0.29) is 11.9 Å². The zero-order valence-electron chi connectivity index (χ0n) is 15.1. The van der Waals surface area contributed by atoms with E-state index >= 15 is 0 Å². The molecule has 5 nitrogen and oxygen atoms in total. The van der Waals surface area contributed by atoms with Gasteiger partial charge in [-0.25, -0.2) is 0 Å². The Balaban J connectivity index is 1.45. The van der Waals surface area contributed by atoms with Crippen molar-refractivity contribution in [3.8, 4) is 0 Å².